The number of aromatic nitrogens is 1. The second-order valence-corrected chi connectivity index (χ2v) is 10.5. The molecular weight excluding hydrogens is 386 g/mol. The summed E-state index contributed by atoms with van der Waals surface area (Å²) in [4.78, 5) is 4.66. The molecule has 0 saturated heterocycles. The molecule has 2 fully saturated rings. The van der Waals surface area contributed by atoms with Crippen molar-refractivity contribution >= 4 is 0 Å². The predicted octanol–water partition coefficient (Wildman–Crippen LogP) is 8.40. The molecule has 32 heavy (non-hydrogen) atoms. The minimum Gasteiger partial charge on any atom is -0.256 e. The van der Waals surface area contributed by atoms with Crippen LogP contribution in [0.1, 0.15) is 87.8 Å². The summed E-state index contributed by atoms with van der Waals surface area (Å²) in [6, 6.07) is 21.1. The molecule has 1 heterocycles. The van der Waals surface area contributed by atoms with Gasteiger partial charge in [0.05, 0.1) is 5.69 Å². The van der Waals surface area contributed by atoms with Crippen molar-refractivity contribution in [3.63, 3.8) is 0 Å². The Bertz CT molecular complexity index is 1120. The Morgan fingerprint density at radius 3 is 2.16 bits per heavy atom. The van der Waals surface area contributed by atoms with Gasteiger partial charge in [0.2, 0.25) is 0 Å². The van der Waals surface area contributed by atoms with Gasteiger partial charge in [-0.15, -0.1) is 0 Å². The maximum absolute atomic E-state index is 4.66. The Labute approximate surface area is 193 Å². The number of nitrogens with zero attached hydrogens (tertiary/aromatic N) is 1. The molecule has 0 atom stereocenters. The fraction of sp³-hybridized carbons (Fsp3) is 0.452. The van der Waals surface area contributed by atoms with Crippen molar-refractivity contribution in [2.24, 2.45) is 0 Å². The van der Waals surface area contributed by atoms with Crippen LogP contribution in [0.2, 0.25) is 0 Å². The van der Waals surface area contributed by atoms with Crippen molar-refractivity contribution in [2.45, 2.75) is 88.4 Å². The van der Waals surface area contributed by atoms with E-state index in [9.17, 15) is 0 Å². The average Bonchev–Trinajstić information content (AvgIpc) is 3.40. The molecule has 2 saturated carbocycles. The molecule has 1 nitrogen and oxygen atoms in total. The summed E-state index contributed by atoms with van der Waals surface area (Å²) in [5.74, 6) is 0. The zero-order chi connectivity index (χ0) is 21.6. The lowest BCUT2D eigenvalue weighted by molar-refractivity contribution is 0.299. The van der Waals surface area contributed by atoms with Gasteiger partial charge in [-0.1, -0.05) is 75.4 Å². The van der Waals surface area contributed by atoms with Crippen molar-refractivity contribution in [2.75, 3.05) is 0 Å². The van der Waals surface area contributed by atoms with Crippen LogP contribution in [0.25, 0.3) is 22.4 Å². The summed E-state index contributed by atoms with van der Waals surface area (Å²) in [5.41, 5.74) is 10.9. The van der Waals surface area contributed by atoms with E-state index in [2.05, 4.69) is 60.4 Å². The van der Waals surface area contributed by atoms with Gasteiger partial charge in [0.25, 0.3) is 0 Å². The van der Waals surface area contributed by atoms with Gasteiger partial charge in [0.1, 0.15) is 0 Å². The number of hydrogen-bond donors (Lipinski definition) is 0. The smallest absolute Gasteiger partial charge is 0.0702 e. The number of benzene rings is 2. The van der Waals surface area contributed by atoms with Gasteiger partial charge in [0.15, 0.2) is 0 Å². The number of fused-ring (bicyclic) bond motifs is 3. The lowest BCUT2D eigenvalue weighted by atomic mass is 9.55. The molecule has 1 aromatic heterocycles. The van der Waals surface area contributed by atoms with Gasteiger partial charge in [-0.05, 0) is 84.5 Å². The van der Waals surface area contributed by atoms with Crippen molar-refractivity contribution in [3.8, 4) is 22.4 Å². The van der Waals surface area contributed by atoms with Crippen molar-refractivity contribution < 1.29 is 0 Å². The highest BCUT2D eigenvalue weighted by atomic mass is 14.7. The third-order valence-corrected chi connectivity index (χ3v) is 9.03. The van der Waals surface area contributed by atoms with E-state index in [4.69, 9.17) is 0 Å². The van der Waals surface area contributed by atoms with Crippen LogP contribution in [0, 0.1) is 0 Å². The topological polar surface area (TPSA) is 12.9 Å². The lowest BCUT2D eigenvalue weighted by Gasteiger charge is -2.48. The van der Waals surface area contributed by atoms with E-state index in [1.165, 1.54) is 92.9 Å². The molecule has 0 radical (unpaired) electrons. The molecule has 3 aromatic rings. The third kappa shape index (κ3) is 2.86. The summed E-state index contributed by atoms with van der Waals surface area (Å²) >= 11 is 0. The van der Waals surface area contributed by atoms with Gasteiger partial charge in [-0.3, -0.25) is 4.98 Å². The molecule has 6 rings (SSSR count). The Balaban J connectivity index is 1.50. The number of hydrogen-bond acceptors (Lipinski definition) is 1. The summed E-state index contributed by atoms with van der Waals surface area (Å²) in [6.07, 6.45) is 16.7. The molecule has 3 aliphatic rings. The number of aryl methyl sites for hydroxylation is 1. The quantitative estimate of drug-likeness (QED) is 0.364. The van der Waals surface area contributed by atoms with Gasteiger partial charge in [-0.2, -0.15) is 0 Å². The van der Waals surface area contributed by atoms with Gasteiger partial charge in [-0.25, -0.2) is 0 Å². The molecule has 0 aliphatic heterocycles. The first kappa shape index (κ1) is 20.2. The predicted molar refractivity (Wildman–Crippen MR) is 134 cm³/mol. The minimum atomic E-state index is 0.362. The van der Waals surface area contributed by atoms with Crippen LogP contribution in [-0.4, -0.2) is 4.98 Å². The van der Waals surface area contributed by atoms with Crippen LogP contribution in [-0.2, 0) is 17.3 Å². The minimum absolute atomic E-state index is 0.362. The monoisotopic (exact) mass is 421 g/mol. The van der Waals surface area contributed by atoms with Gasteiger partial charge < -0.3 is 0 Å². The van der Waals surface area contributed by atoms with Crippen molar-refractivity contribution in [1.82, 2.24) is 4.98 Å². The Morgan fingerprint density at radius 1 is 0.750 bits per heavy atom. The molecule has 3 aliphatic carbocycles. The molecule has 0 unspecified atom stereocenters. The normalized spacial score (nSPS) is 25.2. The summed E-state index contributed by atoms with van der Waals surface area (Å²) in [7, 11) is 0. The summed E-state index contributed by atoms with van der Waals surface area (Å²) < 4.78 is 0. The maximum Gasteiger partial charge on any atom is 0.0702 e. The zero-order valence-corrected chi connectivity index (χ0v) is 19.5. The highest BCUT2D eigenvalue weighted by Gasteiger charge is 2.62. The Kier molecular flexibility index (Phi) is 4.97. The van der Waals surface area contributed by atoms with Crippen LogP contribution >= 0.6 is 0 Å². The second kappa shape index (κ2) is 7.87. The molecule has 0 amide bonds. The molecule has 0 N–H and O–H groups in total. The average molecular weight is 422 g/mol. The van der Waals surface area contributed by atoms with Gasteiger partial charge >= 0.3 is 0 Å². The number of rotatable bonds is 6. The molecule has 164 valence electrons. The number of pyridine rings is 1. The molecule has 1 heteroatoms. The van der Waals surface area contributed by atoms with E-state index in [0.29, 0.717) is 10.8 Å². The standard InChI is InChI=1S/C31H35N/c1-2-3-4-5-10-23-12-14-27-25(21-23)26-22-24(29-11-6-7-20-32-29)13-15-28(26)31-18-8-16-30(27,31)17-9-19-31/h6-7,11-15,20-22H,2-5,8-10,16-19H2,1H3. The van der Waals surface area contributed by atoms with E-state index in [1.54, 1.807) is 11.1 Å². The van der Waals surface area contributed by atoms with Crippen LogP contribution in [0.15, 0.2) is 60.8 Å². The van der Waals surface area contributed by atoms with Crippen LogP contribution in [0.3, 0.4) is 0 Å². The fourth-order valence-corrected chi connectivity index (χ4v) is 7.67. The van der Waals surface area contributed by atoms with E-state index in [0.717, 1.165) is 5.69 Å². The first-order valence-corrected chi connectivity index (χ1v) is 13.0. The van der Waals surface area contributed by atoms with Crippen LogP contribution < -0.4 is 0 Å². The second-order valence-electron chi connectivity index (χ2n) is 10.5. The third-order valence-electron chi connectivity index (χ3n) is 9.03. The Hall–Kier alpha value is -2.41. The SMILES string of the molecule is CCCCCCc1ccc2c(c1)-c1cc(-c3ccccn3)ccc1C13CCCC21CCC3. The highest BCUT2D eigenvalue weighted by molar-refractivity contribution is 5.82. The molecule has 0 spiro atoms. The van der Waals surface area contributed by atoms with E-state index in [-0.39, 0.29) is 0 Å². The first-order valence-electron chi connectivity index (χ1n) is 13.0. The molecule has 0 bridgehead atoms. The highest BCUT2D eigenvalue weighted by Crippen LogP contribution is 2.69. The molecule has 2 aromatic carbocycles. The van der Waals surface area contributed by atoms with E-state index < -0.39 is 0 Å². The summed E-state index contributed by atoms with van der Waals surface area (Å²) in [5, 5.41) is 0. The number of unbranched alkanes of at least 4 members (excludes halogenated alkanes) is 3. The lowest BCUT2D eigenvalue weighted by Crippen LogP contribution is -2.43. The van der Waals surface area contributed by atoms with Crippen molar-refractivity contribution in [3.05, 3.63) is 77.5 Å². The van der Waals surface area contributed by atoms with Crippen LogP contribution in [0.4, 0.5) is 0 Å². The largest absolute Gasteiger partial charge is 0.256 e. The first-order chi connectivity index (χ1) is 15.8. The fourth-order valence-electron chi connectivity index (χ4n) is 7.67. The maximum atomic E-state index is 4.66. The van der Waals surface area contributed by atoms with E-state index >= 15 is 0 Å². The van der Waals surface area contributed by atoms with Crippen LogP contribution in [0.5, 0.6) is 0 Å². The molecular formula is C31H35N. The summed E-state index contributed by atoms with van der Waals surface area (Å²) in [6.45, 7) is 2.30. The van der Waals surface area contributed by atoms with E-state index in [1.807, 2.05) is 12.3 Å². The Morgan fingerprint density at radius 2 is 1.47 bits per heavy atom. The zero-order valence-electron chi connectivity index (χ0n) is 19.5. The van der Waals surface area contributed by atoms with Crippen molar-refractivity contribution in [1.29, 1.82) is 0 Å². The van der Waals surface area contributed by atoms with Gasteiger partial charge in [0, 0.05) is 22.6 Å².